The van der Waals surface area contributed by atoms with Crippen molar-refractivity contribution in [3.8, 4) is 10.4 Å². The van der Waals surface area contributed by atoms with Crippen molar-refractivity contribution in [1.29, 1.82) is 0 Å². The summed E-state index contributed by atoms with van der Waals surface area (Å²) in [6.45, 7) is 6.63. The number of hydrogen-bond donors (Lipinski definition) is 2. The van der Waals surface area contributed by atoms with Crippen LogP contribution in [-0.2, 0) is 0 Å². The Morgan fingerprint density at radius 1 is 1.11 bits per heavy atom. The molecule has 1 aliphatic heterocycles. The number of likely N-dealkylation sites (tertiary alicyclic amines) is 1. The molecule has 2 N–H and O–H groups in total. The Morgan fingerprint density at radius 3 is 2.67 bits per heavy atom. The Labute approximate surface area is 215 Å². The van der Waals surface area contributed by atoms with Gasteiger partial charge in [0.15, 0.2) is 0 Å². The molecule has 6 rings (SSSR count). The molecule has 2 unspecified atom stereocenters. The number of nitrogens with one attached hydrogen (secondary N) is 1. The molecular weight excluding hydrogens is 470 g/mol. The van der Waals surface area contributed by atoms with Gasteiger partial charge in [-0.2, -0.15) is 0 Å². The average Bonchev–Trinajstić information content (AvgIpc) is 3.59. The van der Waals surface area contributed by atoms with Gasteiger partial charge in [-0.1, -0.05) is 46.1 Å². The smallest absolute Gasteiger partial charge is 0.259 e. The first-order valence-corrected chi connectivity index (χ1v) is 14.0. The lowest BCUT2D eigenvalue weighted by Gasteiger charge is -2.36. The van der Waals surface area contributed by atoms with E-state index in [4.69, 9.17) is 4.98 Å². The Balaban J connectivity index is 1.44. The highest BCUT2D eigenvalue weighted by Crippen LogP contribution is 2.48. The molecule has 7 nitrogen and oxygen atoms in total. The van der Waals surface area contributed by atoms with Crippen molar-refractivity contribution in [1.82, 2.24) is 24.4 Å². The summed E-state index contributed by atoms with van der Waals surface area (Å²) in [5.74, 6) is 0. The molecule has 4 heterocycles. The van der Waals surface area contributed by atoms with Gasteiger partial charge < -0.3 is 14.7 Å². The van der Waals surface area contributed by atoms with Gasteiger partial charge >= 0.3 is 0 Å². The van der Waals surface area contributed by atoms with E-state index in [1.807, 2.05) is 6.33 Å². The maximum Gasteiger partial charge on any atom is 0.259 e. The lowest BCUT2D eigenvalue weighted by molar-refractivity contribution is 0.0232. The molecule has 2 fully saturated rings. The zero-order valence-corrected chi connectivity index (χ0v) is 22.1. The van der Waals surface area contributed by atoms with Crippen LogP contribution in [0.5, 0.6) is 0 Å². The van der Waals surface area contributed by atoms with E-state index >= 15 is 0 Å². The summed E-state index contributed by atoms with van der Waals surface area (Å²) >= 11 is 1.64. The van der Waals surface area contributed by atoms with Crippen molar-refractivity contribution in [2.45, 2.75) is 83.8 Å². The Kier molecular flexibility index (Phi) is 6.01. The lowest BCUT2D eigenvalue weighted by Crippen LogP contribution is -2.40. The summed E-state index contributed by atoms with van der Waals surface area (Å²) in [5.41, 5.74) is 3.86. The Morgan fingerprint density at radius 2 is 1.92 bits per heavy atom. The van der Waals surface area contributed by atoms with E-state index in [0.717, 1.165) is 39.2 Å². The molecule has 0 bridgehead atoms. The van der Waals surface area contributed by atoms with E-state index in [1.54, 1.807) is 11.3 Å². The van der Waals surface area contributed by atoms with E-state index in [1.165, 1.54) is 43.9 Å². The molecule has 1 aromatic carbocycles. The molecule has 2 aliphatic rings. The minimum absolute atomic E-state index is 0.0000149. The third-order valence-electron chi connectivity index (χ3n) is 8.31. The van der Waals surface area contributed by atoms with Crippen LogP contribution in [0.3, 0.4) is 0 Å². The van der Waals surface area contributed by atoms with Crippen LogP contribution in [0, 0.1) is 5.41 Å². The molecule has 0 amide bonds. The molecule has 190 valence electrons. The molecule has 0 spiro atoms. The number of H-pyrrole nitrogens is 1. The topological polar surface area (TPSA) is 87.0 Å². The van der Waals surface area contributed by atoms with Crippen LogP contribution >= 0.6 is 11.3 Å². The maximum atomic E-state index is 13.1. The van der Waals surface area contributed by atoms with Gasteiger partial charge in [-0.15, -0.1) is 11.3 Å². The van der Waals surface area contributed by atoms with Crippen LogP contribution in [0.15, 0.2) is 35.6 Å². The summed E-state index contributed by atoms with van der Waals surface area (Å²) in [6.07, 6.45) is 11.7. The van der Waals surface area contributed by atoms with Gasteiger partial charge in [0.25, 0.3) is 5.56 Å². The minimum Gasteiger partial charge on any atom is -0.381 e. The third kappa shape index (κ3) is 3.90. The summed E-state index contributed by atoms with van der Waals surface area (Å²) < 4.78 is 2.35. The third-order valence-corrected chi connectivity index (χ3v) is 9.64. The van der Waals surface area contributed by atoms with Gasteiger partial charge in [0, 0.05) is 23.0 Å². The zero-order valence-electron chi connectivity index (χ0n) is 21.3. The molecule has 4 aromatic rings. The van der Waals surface area contributed by atoms with E-state index in [-0.39, 0.29) is 29.8 Å². The summed E-state index contributed by atoms with van der Waals surface area (Å²) in [7, 11) is 0. The molecule has 1 aliphatic carbocycles. The van der Waals surface area contributed by atoms with Crippen LogP contribution in [0.1, 0.15) is 82.7 Å². The fourth-order valence-corrected chi connectivity index (χ4v) is 7.93. The lowest BCUT2D eigenvalue weighted by atomic mass is 9.85. The number of rotatable bonds is 4. The predicted octanol–water partition coefficient (Wildman–Crippen LogP) is 6.01. The summed E-state index contributed by atoms with van der Waals surface area (Å²) in [6, 6.07) is 7.26. The number of aliphatic hydroxyl groups excluding tert-OH is 1. The quantitative estimate of drug-likeness (QED) is 0.355. The van der Waals surface area contributed by atoms with Crippen molar-refractivity contribution in [3.63, 3.8) is 0 Å². The minimum atomic E-state index is -0.114. The van der Waals surface area contributed by atoms with Crippen molar-refractivity contribution >= 4 is 33.3 Å². The largest absolute Gasteiger partial charge is 0.381 e. The standard InChI is InChI=1S/C28H35N5O2S/c1-28(2,3)22-12-11-21(33(22)16-34)26-23-24(29-14-30-27(23)35)25(36-26)17-9-10-20-19(13-17)31-15-32(20)18-7-5-4-6-8-18/h9-10,13-15,18,21-22,34H,4-8,11-12,16H2,1-3H3,(H,29,30,35). The number of hydrogen-bond acceptors (Lipinski definition) is 6. The molecule has 0 radical (unpaired) electrons. The van der Waals surface area contributed by atoms with Crippen molar-refractivity contribution in [2.24, 2.45) is 5.41 Å². The van der Waals surface area contributed by atoms with Crippen LogP contribution in [0.2, 0.25) is 0 Å². The van der Waals surface area contributed by atoms with Gasteiger partial charge in [-0.05, 0) is 48.8 Å². The Hall–Kier alpha value is -2.55. The monoisotopic (exact) mass is 505 g/mol. The number of nitrogens with zero attached hydrogens (tertiary/aromatic N) is 4. The maximum absolute atomic E-state index is 13.1. The van der Waals surface area contributed by atoms with Crippen molar-refractivity contribution < 1.29 is 5.11 Å². The number of imidazole rings is 1. The SMILES string of the molecule is CC(C)(C)C1CCC(c2sc(-c3ccc4c(c3)ncn4C3CCCCC3)c3nc[nH]c(=O)c23)N1CO. The van der Waals surface area contributed by atoms with Gasteiger partial charge in [0.2, 0.25) is 0 Å². The fraction of sp³-hybridized carbons (Fsp3) is 0.536. The second kappa shape index (κ2) is 9.08. The van der Waals surface area contributed by atoms with Crippen LogP contribution in [-0.4, -0.2) is 42.3 Å². The second-order valence-electron chi connectivity index (χ2n) is 11.5. The fourth-order valence-electron chi connectivity index (χ4n) is 6.54. The second-order valence-corrected chi connectivity index (χ2v) is 12.6. The zero-order chi connectivity index (χ0) is 25.0. The molecule has 2 atom stereocenters. The van der Waals surface area contributed by atoms with Crippen LogP contribution < -0.4 is 5.56 Å². The molecule has 8 heteroatoms. The Bertz CT molecular complexity index is 1460. The average molecular weight is 506 g/mol. The van der Waals surface area contributed by atoms with Gasteiger partial charge in [0.05, 0.1) is 46.2 Å². The highest BCUT2D eigenvalue weighted by molar-refractivity contribution is 7.17. The number of aliphatic hydroxyl groups is 1. The molecule has 1 saturated carbocycles. The van der Waals surface area contributed by atoms with Crippen molar-refractivity contribution in [2.75, 3.05) is 6.73 Å². The number of benzene rings is 1. The van der Waals surface area contributed by atoms with Gasteiger partial charge in [0.1, 0.15) is 0 Å². The molecule has 3 aromatic heterocycles. The first-order chi connectivity index (χ1) is 17.4. The van der Waals surface area contributed by atoms with Gasteiger partial charge in [-0.25, -0.2) is 9.97 Å². The van der Waals surface area contributed by atoms with E-state index < -0.39 is 0 Å². The molecule has 1 saturated heterocycles. The van der Waals surface area contributed by atoms with E-state index in [0.29, 0.717) is 11.4 Å². The first-order valence-electron chi connectivity index (χ1n) is 13.2. The van der Waals surface area contributed by atoms with Crippen molar-refractivity contribution in [3.05, 3.63) is 46.1 Å². The predicted molar refractivity (Wildman–Crippen MR) is 145 cm³/mol. The van der Waals surface area contributed by atoms with Crippen LogP contribution in [0.25, 0.3) is 32.4 Å². The molecular formula is C28H35N5O2S. The summed E-state index contributed by atoms with van der Waals surface area (Å²) in [4.78, 5) is 29.4. The highest BCUT2D eigenvalue weighted by atomic mass is 32.1. The first kappa shape index (κ1) is 23.8. The normalized spacial score (nSPS) is 22.2. The number of aromatic amines is 1. The highest BCUT2D eigenvalue weighted by Gasteiger charge is 2.42. The number of aromatic nitrogens is 4. The summed E-state index contributed by atoms with van der Waals surface area (Å²) in [5, 5.41) is 11.0. The number of fused-ring (bicyclic) bond motifs is 2. The number of thiophene rings is 1. The molecule has 36 heavy (non-hydrogen) atoms. The van der Waals surface area contributed by atoms with E-state index in [2.05, 4.69) is 58.4 Å². The van der Waals surface area contributed by atoms with E-state index in [9.17, 15) is 9.90 Å². The van der Waals surface area contributed by atoms with Gasteiger partial charge in [-0.3, -0.25) is 9.69 Å². The van der Waals surface area contributed by atoms with Crippen LogP contribution in [0.4, 0.5) is 0 Å².